The zero-order chi connectivity index (χ0) is 17.2. The largest absolute Gasteiger partial charge is 0.336 e. The van der Waals surface area contributed by atoms with Crippen molar-refractivity contribution >= 4 is 55.3 Å². The van der Waals surface area contributed by atoms with Gasteiger partial charge in [0.1, 0.15) is 8.68 Å². The number of benzene rings is 1. The Labute approximate surface area is 152 Å². The van der Waals surface area contributed by atoms with Crippen molar-refractivity contribution in [1.82, 2.24) is 5.16 Å². The van der Waals surface area contributed by atoms with Crippen molar-refractivity contribution in [2.45, 2.75) is 11.1 Å². The second kappa shape index (κ2) is 6.92. The van der Waals surface area contributed by atoms with E-state index in [1.54, 1.807) is 19.1 Å². The van der Waals surface area contributed by atoms with Gasteiger partial charge in [0.25, 0.3) is 15.9 Å². The van der Waals surface area contributed by atoms with Crippen molar-refractivity contribution in [1.29, 1.82) is 0 Å². The number of hydrogen-bond acceptors (Lipinski definition) is 5. The zero-order valence-corrected chi connectivity index (χ0v) is 15.8. The highest BCUT2D eigenvalue weighted by atomic mass is 79.9. The van der Waals surface area contributed by atoms with E-state index < -0.39 is 10.0 Å². The number of halogens is 1. The molecule has 0 spiro atoms. The molecule has 0 saturated carbocycles. The Morgan fingerprint density at radius 1 is 1.17 bits per heavy atom. The van der Waals surface area contributed by atoms with Gasteiger partial charge >= 0.3 is 0 Å². The average Bonchev–Trinajstić information content (AvgIpc) is 3.17. The molecule has 0 fully saturated rings. The second-order valence-electron chi connectivity index (χ2n) is 4.92. The summed E-state index contributed by atoms with van der Waals surface area (Å²) in [5, 5.41) is 3.71. The van der Waals surface area contributed by atoms with Crippen LogP contribution >= 0.6 is 27.3 Å². The molecule has 3 aromatic rings. The van der Waals surface area contributed by atoms with Gasteiger partial charge in [-0.05, 0) is 46.6 Å². The van der Waals surface area contributed by atoms with E-state index in [1.165, 1.54) is 11.3 Å². The molecule has 0 aliphatic rings. The molecule has 1 aromatic carbocycles. The first-order valence-electron chi connectivity index (χ1n) is 6.93. The number of nitrogens with zero attached hydrogens (tertiary/aromatic N) is 1. The van der Waals surface area contributed by atoms with Crippen LogP contribution in [0.25, 0.3) is 12.2 Å². The molecule has 124 valence electrons. The standard InChI is InChI=1S/C16H13BrN2O3S2/c1-11-15(17)16(22-18-11)19-24(20,21)14-10-9-13(23-14)8-7-12-5-3-2-4-6-12/h2-10,19H,1H3/b8-7+. The summed E-state index contributed by atoms with van der Waals surface area (Å²) in [4.78, 5) is 0.840. The summed E-state index contributed by atoms with van der Waals surface area (Å²) in [6.45, 7) is 1.71. The lowest BCUT2D eigenvalue weighted by Crippen LogP contribution is -2.11. The van der Waals surface area contributed by atoms with E-state index in [-0.39, 0.29) is 10.1 Å². The fourth-order valence-electron chi connectivity index (χ4n) is 1.91. The summed E-state index contributed by atoms with van der Waals surface area (Å²) < 4.78 is 32.9. The summed E-state index contributed by atoms with van der Waals surface area (Å²) in [5.41, 5.74) is 1.62. The molecule has 5 nitrogen and oxygen atoms in total. The van der Waals surface area contributed by atoms with E-state index in [0.29, 0.717) is 10.2 Å². The smallest absolute Gasteiger partial charge is 0.273 e. The van der Waals surface area contributed by atoms with E-state index in [1.807, 2.05) is 42.5 Å². The van der Waals surface area contributed by atoms with Crippen LogP contribution in [0.4, 0.5) is 5.88 Å². The molecule has 0 saturated heterocycles. The van der Waals surface area contributed by atoms with Gasteiger partial charge in [0.15, 0.2) is 0 Å². The third-order valence-corrected chi connectivity index (χ3v) is 6.93. The van der Waals surface area contributed by atoms with Gasteiger partial charge in [-0.1, -0.05) is 41.6 Å². The van der Waals surface area contributed by atoms with Crippen molar-refractivity contribution in [2.75, 3.05) is 4.72 Å². The van der Waals surface area contributed by atoms with E-state index >= 15 is 0 Å². The molecule has 0 amide bonds. The van der Waals surface area contributed by atoms with Gasteiger partial charge in [-0.15, -0.1) is 11.3 Å². The molecular weight excluding hydrogens is 412 g/mol. The number of nitrogens with one attached hydrogen (secondary N) is 1. The van der Waals surface area contributed by atoms with Crippen LogP contribution < -0.4 is 4.72 Å². The van der Waals surface area contributed by atoms with Crippen molar-refractivity contribution < 1.29 is 12.9 Å². The molecule has 0 bridgehead atoms. The van der Waals surface area contributed by atoms with Crippen molar-refractivity contribution in [2.24, 2.45) is 0 Å². The lowest BCUT2D eigenvalue weighted by atomic mass is 10.2. The Balaban J connectivity index is 1.79. The maximum Gasteiger partial charge on any atom is 0.273 e. The third kappa shape index (κ3) is 3.77. The van der Waals surface area contributed by atoms with Gasteiger partial charge in [0, 0.05) is 4.88 Å². The lowest BCUT2D eigenvalue weighted by Gasteiger charge is -2.02. The molecular formula is C16H13BrN2O3S2. The highest BCUT2D eigenvalue weighted by Gasteiger charge is 2.21. The number of anilines is 1. The first kappa shape index (κ1) is 16.9. The van der Waals surface area contributed by atoms with Crippen LogP contribution in [-0.4, -0.2) is 13.6 Å². The summed E-state index contributed by atoms with van der Waals surface area (Å²) >= 11 is 4.42. The van der Waals surface area contributed by atoms with Crippen LogP contribution in [0.15, 0.2) is 55.7 Å². The van der Waals surface area contributed by atoms with E-state index in [9.17, 15) is 8.42 Å². The molecule has 2 aromatic heterocycles. The quantitative estimate of drug-likeness (QED) is 0.639. The predicted molar refractivity (Wildman–Crippen MR) is 99.4 cm³/mol. The van der Waals surface area contributed by atoms with Crippen LogP contribution in [0.5, 0.6) is 0 Å². The van der Waals surface area contributed by atoms with E-state index in [2.05, 4.69) is 25.8 Å². The Morgan fingerprint density at radius 2 is 1.92 bits per heavy atom. The summed E-state index contributed by atoms with van der Waals surface area (Å²) in [6.07, 6.45) is 3.82. The van der Waals surface area contributed by atoms with Crippen LogP contribution in [0.2, 0.25) is 0 Å². The fourth-order valence-corrected chi connectivity index (χ4v) is 4.50. The summed E-state index contributed by atoms with van der Waals surface area (Å²) in [5.74, 6) is 0.0716. The molecule has 8 heteroatoms. The molecule has 0 unspecified atom stereocenters. The topological polar surface area (TPSA) is 72.2 Å². The molecule has 24 heavy (non-hydrogen) atoms. The Bertz CT molecular complexity index is 976. The highest BCUT2D eigenvalue weighted by molar-refractivity contribution is 9.10. The van der Waals surface area contributed by atoms with Gasteiger partial charge < -0.3 is 4.52 Å². The monoisotopic (exact) mass is 424 g/mol. The molecule has 3 rings (SSSR count). The highest BCUT2D eigenvalue weighted by Crippen LogP contribution is 2.30. The molecule has 1 N–H and O–H groups in total. The maximum atomic E-state index is 12.4. The van der Waals surface area contributed by atoms with Crippen molar-refractivity contribution in [3.8, 4) is 0 Å². The van der Waals surface area contributed by atoms with Crippen LogP contribution in [-0.2, 0) is 10.0 Å². The number of rotatable bonds is 5. The van der Waals surface area contributed by atoms with Gasteiger partial charge in [0.2, 0.25) is 0 Å². The third-order valence-electron chi connectivity index (χ3n) is 3.12. The van der Waals surface area contributed by atoms with Gasteiger partial charge in [-0.2, -0.15) is 0 Å². The van der Waals surface area contributed by atoms with Gasteiger partial charge in [-0.3, -0.25) is 0 Å². The number of thiophene rings is 1. The summed E-state index contributed by atoms with van der Waals surface area (Å²) in [7, 11) is -3.71. The van der Waals surface area contributed by atoms with Gasteiger partial charge in [-0.25, -0.2) is 13.1 Å². The Morgan fingerprint density at radius 3 is 2.58 bits per heavy atom. The molecule has 0 aliphatic carbocycles. The minimum atomic E-state index is -3.71. The minimum Gasteiger partial charge on any atom is -0.336 e. The second-order valence-corrected chi connectivity index (χ2v) is 8.74. The average molecular weight is 425 g/mol. The number of hydrogen-bond donors (Lipinski definition) is 1. The van der Waals surface area contributed by atoms with Crippen LogP contribution in [0, 0.1) is 6.92 Å². The normalized spacial score (nSPS) is 11.9. The molecule has 0 aliphatic heterocycles. The maximum absolute atomic E-state index is 12.4. The molecule has 0 radical (unpaired) electrons. The number of sulfonamides is 1. The van der Waals surface area contributed by atoms with Crippen molar-refractivity contribution in [3.63, 3.8) is 0 Å². The fraction of sp³-hybridized carbons (Fsp3) is 0.0625. The lowest BCUT2D eigenvalue weighted by molar-refractivity contribution is 0.430. The van der Waals surface area contributed by atoms with E-state index in [4.69, 9.17) is 4.52 Å². The number of aryl methyl sites for hydroxylation is 1. The van der Waals surface area contributed by atoms with Crippen molar-refractivity contribution in [3.05, 3.63) is 63.1 Å². The summed E-state index contributed by atoms with van der Waals surface area (Å²) in [6, 6.07) is 13.1. The molecule has 2 heterocycles. The van der Waals surface area contributed by atoms with E-state index in [0.717, 1.165) is 10.4 Å². The zero-order valence-electron chi connectivity index (χ0n) is 12.6. The van der Waals surface area contributed by atoms with Crippen LogP contribution in [0.3, 0.4) is 0 Å². The Kier molecular flexibility index (Phi) is 4.88. The van der Waals surface area contributed by atoms with Gasteiger partial charge in [0.05, 0.1) is 5.69 Å². The number of aromatic nitrogens is 1. The molecule has 0 atom stereocenters. The SMILES string of the molecule is Cc1noc(NS(=O)(=O)c2ccc(/C=C/c3ccccc3)s2)c1Br. The minimum absolute atomic E-state index is 0.0716. The first-order valence-corrected chi connectivity index (χ1v) is 10.0. The van der Waals surface area contributed by atoms with Crippen LogP contribution in [0.1, 0.15) is 16.1 Å². The Hall–Kier alpha value is -1.90. The predicted octanol–water partition coefficient (Wildman–Crippen LogP) is 4.78. The first-order chi connectivity index (χ1) is 11.5.